The zero-order valence-corrected chi connectivity index (χ0v) is 9.87. The van der Waals surface area contributed by atoms with Crippen LogP contribution in [0.4, 0.5) is 5.69 Å². The third kappa shape index (κ3) is 1.61. The van der Waals surface area contributed by atoms with E-state index in [0.717, 1.165) is 11.3 Å². The number of hydrogen-bond acceptors (Lipinski definition) is 3. The Balaban J connectivity index is 2.62. The van der Waals surface area contributed by atoms with Gasteiger partial charge in [0, 0.05) is 29.9 Å². The van der Waals surface area contributed by atoms with E-state index in [1.165, 1.54) is 10.6 Å². The minimum absolute atomic E-state index is 0.160. The van der Waals surface area contributed by atoms with E-state index in [0.29, 0.717) is 6.54 Å². The van der Waals surface area contributed by atoms with Crippen molar-refractivity contribution in [3.63, 3.8) is 0 Å². The minimum atomic E-state index is -3.18. The van der Waals surface area contributed by atoms with Crippen molar-refractivity contribution in [2.45, 2.75) is 19.3 Å². The zero-order valence-electron chi connectivity index (χ0n) is 9.06. The van der Waals surface area contributed by atoms with Gasteiger partial charge in [-0.2, -0.15) is 0 Å². The van der Waals surface area contributed by atoms with Crippen molar-refractivity contribution in [1.29, 1.82) is 0 Å². The third-order valence-corrected chi connectivity index (χ3v) is 3.86. The predicted molar refractivity (Wildman–Crippen MR) is 59.5 cm³/mol. The SMILES string of the molecule is CC1(C)CN(S(C)(=O)=O)c2ccncc21. The van der Waals surface area contributed by atoms with Gasteiger partial charge in [0.25, 0.3) is 0 Å². The highest BCUT2D eigenvalue weighted by molar-refractivity contribution is 7.92. The van der Waals surface area contributed by atoms with Crippen LogP contribution in [0, 0.1) is 0 Å². The van der Waals surface area contributed by atoms with Crippen LogP contribution in [0.2, 0.25) is 0 Å². The monoisotopic (exact) mass is 226 g/mol. The molecule has 1 aromatic heterocycles. The van der Waals surface area contributed by atoms with E-state index in [4.69, 9.17) is 0 Å². The molecule has 0 amide bonds. The van der Waals surface area contributed by atoms with E-state index in [1.807, 2.05) is 13.8 Å². The molecular formula is C10H14N2O2S. The van der Waals surface area contributed by atoms with E-state index >= 15 is 0 Å². The summed E-state index contributed by atoms with van der Waals surface area (Å²) in [5.41, 5.74) is 1.60. The highest BCUT2D eigenvalue weighted by Crippen LogP contribution is 2.40. The van der Waals surface area contributed by atoms with Gasteiger partial charge >= 0.3 is 0 Å². The maximum absolute atomic E-state index is 11.6. The molecule has 0 bridgehead atoms. The zero-order chi connectivity index (χ0) is 11.3. The molecule has 2 heterocycles. The van der Waals surface area contributed by atoms with E-state index in [1.54, 1.807) is 18.5 Å². The molecule has 5 heteroatoms. The molecule has 0 aromatic carbocycles. The number of aromatic nitrogens is 1. The topological polar surface area (TPSA) is 50.3 Å². The Hall–Kier alpha value is -1.10. The van der Waals surface area contributed by atoms with Crippen LogP contribution in [0.25, 0.3) is 0 Å². The quantitative estimate of drug-likeness (QED) is 0.721. The second kappa shape index (κ2) is 2.95. The second-order valence-electron chi connectivity index (χ2n) is 4.55. The van der Waals surface area contributed by atoms with Crippen molar-refractivity contribution < 1.29 is 8.42 Å². The molecule has 15 heavy (non-hydrogen) atoms. The molecule has 0 saturated carbocycles. The Morgan fingerprint density at radius 2 is 2.13 bits per heavy atom. The summed E-state index contributed by atoms with van der Waals surface area (Å²) in [7, 11) is -3.18. The van der Waals surface area contributed by atoms with E-state index in [9.17, 15) is 8.42 Å². The molecule has 0 spiro atoms. The summed E-state index contributed by atoms with van der Waals surface area (Å²) in [6, 6.07) is 1.76. The average Bonchev–Trinajstić information content (AvgIpc) is 2.39. The van der Waals surface area contributed by atoms with Crippen LogP contribution in [0.5, 0.6) is 0 Å². The highest BCUT2D eigenvalue weighted by atomic mass is 32.2. The molecule has 0 saturated heterocycles. The molecule has 82 valence electrons. The van der Waals surface area contributed by atoms with Gasteiger partial charge in [-0.3, -0.25) is 9.29 Å². The molecule has 0 atom stereocenters. The first-order valence-electron chi connectivity index (χ1n) is 4.74. The number of anilines is 1. The van der Waals surface area contributed by atoms with Crippen molar-refractivity contribution in [2.24, 2.45) is 0 Å². The number of fused-ring (bicyclic) bond motifs is 1. The summed E-state index contributed by atoms with van der Waals surface area (Å²) in [6.45, 7) is 4.55. The summed E-state index contributed by atoms with van der Waals surface area (Å²) in [4.78, 5) is 4.05. The third-order valence-electron chi connectivity index (χ3n) is 2.74. The number of rotatable bonds is 1. The Bertz CT molecular complexity index is 494. The standard InChI is InChI=1S/C10H14N2O2S/c1-10(2)7-12(15(3,13)14)9-4-5-11-6-8(9)10/h4-6H,7H2,1-3H3. The number of pyridine rings is 1. The summed E-state index contributed by atoms with van der Waals surface area (Å²) in [6.07, 6.45) is 4.61. The van der Waals surface area contributed by atoms with Gasteiger partial charge in [-0.15, -0.1) is 0 Å². The van der Waals surface area contributed by atoms with Crippen LogP contribution >= 0.6 is 0 Å². The lowest BCUT2D eigenvalue weighted by Gasteiger charge is -2.19. The Morgan fingerprint density at radius 3 is 2.73 bits per heavy atom. The molecule has 4 nitrogen and oxygen atoms in total. The first-order chi connectivity index (χ1) is 6.82. The Kier molecular flexibility index (Phi) is 2.05. The fraction of sp³-hybridized carbons (Fsp3) is 0.500. The van der Waals surface area contributed by atoms with Gasteiger partial charge in [0.05, 0.1) is 11.9 Å². The molecule has 0 radical (unpaired) electrons. The summed E-state index contributed by atoms with van der Waals surface area (Å²) >= 11 is 0. The molecule has 0 aliphatic carbocycles. The number of sulfonamides is 1. The van der Waals surface area contributed by atoms with Crippen LogP contribution in [0.1, 0.15) is 19.4 Å². The largest absolute Gasteiger partial charge is 0.269 e. The van der Waals surface area contributed by atoms with Crippen LogP contribution < -0.4 is 4.31 Å². The maximum Gasteiger partial charge on any atom is 0.232 e. The lowest BCUT2D eigenvalue weighted by atomic mass is 9.88. The molecule has 1 aliphatic rings. The fourth-order valence-electron chi connectivity index (χ4n) is 1.95. The molecule has 1 aliphatic heterocycles. The number of hydrogen-bond donors (Lipinski definition) is 0. The molecule has 0 fully saturated rings. The maximum atomic E-state index is 11.6. The average molecular weight is 226 g/mol. The Labute approximate surface area is 90.0 Å². The van der Waals surface area contributed by atoms with Crippen molar-refractivity contribution in [1.82, 2.24) is 4.98 Å². The van der Waals surface area contributed by atoms with Crippen LogP contribution in [0.15, 0.2) is 18.5 Å². The Morgan fingerprint density at radius 1 is 1.47 bits per heavy atom. The summed E-state index contributed by atoms with van der Waals surface area (Å²) in [5.74, 6) is 0. The van der Waals surface area contributed by atoms with Crippen LogP contribution in [-0.2, 0) is 15.4 Å². The fourth-order valence-corrected chi connectivity index (χ4v) is 3.03. The van der Waals surface area contributed by atoms with Gasteiger partial charge < -0.3 is 0 Å². The molecule has 0 N–H and O–H groups in total. The second-order valence-corrected chi connectivity index (χ2v) is 6.45. The molecule has 2 rings (SSSR count). The minimum Gasteiger partial charge on any atom is -0.269 e. The van der Waals surface area contributed by atoms with Crippen molar-refractivity contribution >= 4 is 15.7 Å². The first kappa shape index (κ1) is 10.4. The molecule has 1 aromatic rings. The van der Waals surface area contributed by atoms with E-state index < -0.39 is 10.0 Å². The molecular weight excluding hydrogens is 212 g/mol. The van der Waals surface area contributed by atoms with Gasteiger partial charge in [-0.25, -0.2) is 8.42 Å². The lowest BCUT2D eigenvalue weighted by molar-refractivity contribution is 0.556. The van der Waals surface area contributed by atoms with Gasteiger partial charge in [-0.1, -0.05) is 13.8 Å². The van der Waals surface area contributed by atoms with Crippen molar-refractivity contribution in [2.75, 3.05) is 17.1 Å². The van der Waals surface area contributed by atoms with Gasteiger partial charge in [0.2, 0.25) is 10.0 Å². The van der Waals surface area contributed by atoms with Crippen molar-refractivity contribution in [3.05, 3.63) is 24.0 Å². The molecule has 0 unspecified atom stereocenters. The highest BCUT2D eigenvalue weighted by Gasteiger charge is 2.38. The van der Waals surface area contributed by atoms with E-state index in [2.05, 4.69) is 4.98 Å². The van der Waals surface area contributed by atoms with E-state index in [-0.39, 0.29) is 5.41 Å². The van der Waals surface area contributed by atoms with Gasteiger partial charge in [0.15, 0.2) is 0 Å². The predicted octanol–water partition coefficient (Wildman–Crippen LogP) is 1.14. The summed E-state index contributed by atoms with van der Waals surface area (Å²) < 4.78 is 24.6. The van der Waals surface area contributed by atoms with Crippen LogP contribution in [-0.4, -0.2) is 26.2 Å². The summed E-state index contributed by atoms with van der Waals surface area (Å²) in [5, 5.41) is 0. The number of nitrogens with zero attached hydrogens (tertiary/aromatic N) is 2. The normalized spacial score (nSPS) is 19.0. The van der Waals surface area contributed by atoms with Crippen molar-refractivity contribution in [3.8, 4) is 0 Å². The van der Waals surface area contributed by atoms with Gasteiger partial charge in [-0.05, 0) is 6.07 Å². The lowest BCUT2D eigenvalue weighted by Crippen LogP contribution is -2.32. The van der Waals surface area contributed by atoms with Gasteiger partial charge in [0.1, 0.15) is 0 Å². The van der Waals surface area contributed by atoms with Crippen LogP contribution in [0.3, 0.4) is 0 Å². The smallest absolute Gasteiger partial charge is 0.232 e. The first-order valence-corrected chi connectivity index (χ1v) is 6.59.